The maximum absolute atomic E-state index is 12.6. The van der Waals surface area contributed by atoms with Crippen molar-refractivity contribution in [2.75, 3.05) is 0 Å². The summed E-state index contributed by atoms with van der Waals surface area (Å²) in [6.07, 6.45) is -4.61. The number of amides is 2. The molecule has 22 heavy (non-hydrogen) atoms. The molecule has 0 saturated carbocycles. The number of primary amides is 1. The van der Waals surface area contributed by atoms with Crippen molar-refractivity contribution >= 4 is 11.8 Å². The first-order valence-corrected chi connectivity index (χ1v) is 6.31. The Morgan fingerprint density at radius 1 is 1.41 bits per heavy atom. The third-order valence-corrected chi connectivity index (χ3v) is 3.03. The van der Waals surface area contributed by atoms with Crippen LogP contribution in [0, 0.1) is 17.2 Å². The number of hydrogen-bond donors (Lipinski definition) is 2. The lowest BCUT2D eigenvalue weighted by Gasteiger charge is -2.20. The molecule has 0 heterocycles. The standard InChI is InChI=1S/C14H14F3N3O2/c1-8(5-6-18)11(12(19)21)20-13(22)9-3-2-4-10(7-9)14(15,16)17/h2-4,7-8,11H,5H2,1H3,(H2,19,21)(H,20,22)/t8-,11+/m0/s1. The average molecular weight is 313 g/mol. The van der Waals surface area contributed by atoms with Crippen LogP contribution < -0.4 is 11.1 Å². The van der Waals surface area contributed by atoms with Crippen LogP contribution in [0.15, 0.2) is 24.3 Å². The number of nitrogens with two attached hydrogens (primary N) is 1. The molecule has 0 spiro atoms. The molecule has 1 rings (SSSR count). The minimum absolute atomic E-state index is 0.0313. The van der Waals surface area contributed by atoms with Gasteiger partial charge in [0.1, 0.15) is 6.04 Å². The van der Waals surface area contributed by atoms with E-state index in [4.69, 9.17) is 11.0 Å². The smallest absolute Gasteiger partial charge is 0.368 e. The quantitative estimate of drug-likeness (QED) is 0.868. The van der Waals surface area contributed by atoms with E-state index >= 15 is 0 Å². The lowest BCUT2D eigenvalue weighted by atomic mass is 9.98. The van der Waals surface area contributed by atoms with Crippen LogP contribution in [0.1, 0.15) is 29.3 Å². The van der Waals surface area contributed by atoms with Crippen LogP contribution in [-0.4, -0.2) is 17.9 Å². The minimum atomic E-state index is -4.58. The van der Waals surface area contributed by atoms with Gasteiger partial charge in [-0.2, -0.15) is 18.4 Å². The molecule has 0 fully saturated rings. The minimum Gasteiger partial charge on any atom is -0.368 e. The molecule has 0 aromatic heterocycles. The van der Waals surface area contributed by atoms with Crippen LogP contribution in [-0.2, 0) is 11.0 Å². The van der Waals surface area contributed by atoms with E-state index in [1.807, 2.05) is 6.07 Å². The highest BCUT2D eigenvalue weighted by atomic mass is 19.4. The Bertz CT molecular complexity index is 608. The highest BCUT2D eigenvalue weighted by Gasteiger charge is 2.31. The normalized spacial score (nSPS) is 13.8. The zero-order chi connectivity index (χ0) is 16.9. The monoisotopic (exact) mass is 313 g/mol. The van der Waals surface area contributed by atoms with Gasteiger partial charge in [0.2, 0.25) is 5.91 Å². The molecule has 118 valence electrons. The van der Waals surface area contributed by atoms with E-state index in [1.165, 1.54) is 13.0 Å². The molecule has 0 unspecified atom stereocenters. The summed E-state index contributed by atoms with van der Waals surface area (Å²) in [7, 11) is 0. The fraction of sp³-hybridized carbons (Fsp3) is 0.357. The predicted octanol–water partition coefficient (Wildman–Crippen LogP) is 1.84. The van der Waals surface area contributed by atoms with E-state index in [2.05, 4.69) is 5.32 Å². The molecule has 0 saturated heterocycles. The summed E-state index contributed by atoms with van der Waals surface area (Å²) in [4.78, 5) is 23.3. The van der Waals surface area contributed by atoms with E-state index < -0.39 is 35.5 Å². The number of rotatable bonds is 5. The van der Waals surface area contributed by atoms with Crippen molar-refractivity contribution in [1.82, 2.24) is 5.32 Å². The summed E-state index contributed by atoms with van der Waals surface area (Å²) in [5.74, 6) is -2.28. The average Bonchev–Trinajstić information content (AvgIpc) is 2.43. The zero-order valence-corrected chi connectivity index (χ0v) is 11.6. The highest BCUT2D eigenvalue weighted by molar-refractivity contribution is 5.97. The third-order valence-electron chi connectivity index (χ3n) is 3.03. The molecule has 0 bridgehead atoms. The van der Waals surface area contributed by atoms with Crippen LogP contribution in [0.2, 0.25) is 0 Å². The number of nitrogens with zero attached hydrogens (tertiary/aromatic N) is 1. The van der Waals surface area contributed by atoms with Gasteiger partial charge in [0.15, 0.2) is 0 Å². The van der Waals surface area contributed by atoms with Crippen LogP contribution in [0.3, 0.4) is 0 Å². The summed E-state index contributed by atoms with van der Waals surface area (Å²) in [6.45, 7) is 1.53. The summed E-state index contributed by atoms with van der Waals surface area (Å²) in [5.41, 5.74) is 3.93. The number of alkyl halides is 3. The second kappa shape index (κ2) is 6.93. The molecule has 1 aromatic rings. The number of carbonyl (C=O) groups is 2. The summed E-state index contributed by atoms with van der Waals surface area (Å²) in [5, 5.41) is 10.9. The van der Waals surface area contributed by atoms with Gasteiger partial charge in [0.05, 0.1) is 11.6 Å². The van der Waals surface area contributed by atoms with Gasteiger partial charge in [-0.1, -0.05) is 13.0 Å². The number of halogens is 3. The van der Waals surface area contributed by atoms with Crippen LogP contribution in [0.4, 0.5) is 13.2 Å². The van der Waals surface area contributed by atoms with Crippen molar-refractivity contribution in [1.29, 1.82) is 5.26 Å². The van der Waals surface area contributed by atoms with E-state index in [9.17, 15) is 22.8 Å². The molecule has 8 heteroatoms. The van der Waals surface area contributed by atoms with Crippen molar-refractivity contribution in [3.8, 4) is 6.07 Å². The molecule has 5 nitrogen and oxygen atoms in total. The summed E-state index contributed by atoms with van der Waals surface area (Å²) < 4.78 is 37.8. The molecule has 1 aromatic carbocycles. The second-order valence-corrected chi connectivity index (χ2v) is 4.77. The topological polar surface area (TPSA) is 96.0 Å². The lowest BCUT2D eigenvalue weighted by Crippen LogP contribution is -2.48. The fourth-order valence-corrected chi connectivity index (χ4v) is 1.82. The summed E-state index contributed by atoms with van der Waals surface area (Å²) in [6, 6.07) is 4.50. The van der Waals surface area contributed by atoms with E-state index in [0.29, 0.717) is 6.07 Å². The van der Waals surface area contributed by atoms with Gasteiger partial charge in [-0.25, -0.2) is 0 Å². The first-order valence-electron chi connectivity index (χ1n) is 6.31. The molecule has 0 aliphatic heterocycles. The summed E-state index contributed by atoms with van der Waals surface area (Å²) >= 11 is 0. The van der Waals surface area contributed by atoms with Gasteiger partial charge < -0.3 is 11.1 Å². The van der Waals surface area contributed by atoms with Crippen molar-refractivity contribution in [3.05, 3.63) is 35.4 Å². The number of nitrogens with one attached hydrogen (secondary N) is 1. The Hall–Kier alpha value is -2.56. The Kier molecular flexibility index (Phi) is 5.51. The van der Waals surface area contributed by atoms with Gasteiger partial charge in [-0.15, -0.1) is 0 Å². The molecule has 0 aliphatic rings. The number of benzene rings is 1. The first-order chi connectivity index (χ1) is 10.2. The molecule has 2 atom stereocenters. The second-order valence-electron chi connectivity index (χ2n) is 4.77. The number of hydrogen-bond acceptors (Lipinski definition) is 3. The van der Waals surface area contributed by atoms with Crippen molar-refractivity contribution in [2.45, 2.75) is 25.6 Å². The highest BCUT2D eigenvalue weighted by Crippen LogP contribution is 2.29. The van der Waals surface area contributed by atoms with Crippen molar-refractivity contribution < 1.29 is 22.8 Å². The van der Waals surface area contributed by atoms with E-state index in [0.717, 1.165) is 12.1 Å². The molecular formula is C14H14F3N3O2. The Morgan fingerprint density at radius 3 is 2.55 bits per heavy atom. The largest absolute Gasteiger partial charge is 0.416 e. The first kappa shape index (κ1) is 17.5. The van der Waals surface area contributed by atoms with Gasteiger partial charge in [-0.3, -0.25) is 9.59 Å². The molecule has 0 radical (unpaired) electrons. The zero-order valence-electron chi connectivity index (χ0n) is 11.6. The maximum Gasteiger partial charge on any atom is 0.416 e. The van der Waals surface area contributed by atoms with Gasteiger partial charge >= 0.3 is 6.18 Å². The predicted molar refractivity (Wildman–Crippen MR) is 71.3 cm³/mol. The maximum atomic E-state index is 12.6. The fourth-order valence-electron chi connectivity index (χ4n) is 1.82. The molecule has 2 amide bonds. The number of nitriles is 1. The Labute approximate surface area is 124 Å². The van der Waals surface area contributed by atoms with Crippen molar-refractivity contribution in [3.63, 3.8) is 0 Å². The lowest BCUT2D eigenvalue weighted by molar-refractivity contribution is -0.137. The molecular weight excluding hydrogens is 299 g/mol. The van der Waals surface area contributed by atoms with Crippen LogP contribution in [0.25, 0.3) is 0 Å². The van der Waals surface area contributed by atoms with Gasteiger partial charge in [-0.05, 0) is 24.1 Å². The molecule has 0 aliphatic carbocycles. The number of carbonyl (C=O) groups excluding carboxylic acids is 2. The van der Waals surface area contributed by atoms with Gasteiger partial charge in [0, 0.05) is 12.0 Å². The Morgan fingerprint density at radius 2 is 2.05 bits per heavy atom. The van der Waals surface area contributed by atoms with Crippen LogP contribution in [0.5, 0.6) is 0 Å². The van der Waals surface area contributed by atoms with E-state index in [1.54, 1.807) is 0 Å². The van der Waals surface area contributed by atoms with Gasteiger partial charge in [0.25, 0.3) is 5.91 Å². The SMILES string of the molecule is C[C@@H](CC#N)[C@@H](NC(=O)c1cccc(C(F)(F)F)c1)C(N)=O. The van der Waals surface area contributed by atoms with Crippen LogP contribution >= 0.6 is 0 Å². The Balaban J connectivity index is 2.96. The van der Waals surface area contributed by atoms with Crippen molar-refractivity contribution in [2.24, 2.45) is 11.7 Å². The molecule has 3 N–H and O–H groups in total. The third kappa shape index (κ3) is 4.48. The van der Waals surface area contributed by atoms with E-state index in [-0.39, 0.29) is 12.0 Å².